The summed E-state index contributed by atoms with van der Waals surface area (Å²) in [7, 11) is 0. The fourth-order valence-electron chi connectivity index (χ4n) is 3.96. The number of aromatic hydroxyl groups is 1. The third-order valence-corrected chi connectivity index (χ3v) is 6.03. The van der Waals surface area contributed by atoms with Crippen LogP contribution >= 0.6 is 0 Å². The van der Waals surface area contributed by atoms with Crippen molar-refractivity contribution < 1.29 is 43.0 Å². The van der Waals surface area contributed by atoms with Gasteiger partial charge < -0.3 is 43.0 Å². The summed E-state index contributed by atoms with van der Waals surface area (Å²) in [6.07, 6.45) is 0. The van der Waals surface area contributed by atoms with Crippen LogP contribution < -0.4 is 9.47 Å². The van der Waals surface area contributed by atoms with Crippen molar-refractivity contribution in [3.05, 3.63) is 66.7 Å². The molecule has 6 bridgehead atoms. The van der Waals surface area contributed by atoms with Gasteiger partial charge >= 0.3 is 0 Å². The molecule has 6 rings (SSSR count). The number of rotatable bonds is 0. The molecule has 3 aliphatic heterocycles. The largest absolute Gasteiger partial charge is 0.507 e. The molecule has 3 aromatic rings. The Hall–Kier alpha value is -3.18. The van der Waals surface area contributed by atoms with Gasteiger partial charge in [-0.15, -0.1) is 0 Å². The van der Waals surface area contributed by atoms with E-state index >= 15 is 0 Å². The average molecular weight is 555 g/mol. The highest BCUT2D eigenvalue weighted by atomic mass is 16.7. The Labute approximate surface area is 235 Å². The van der Waals surface area contributed by atoms with Crippen molar-refractivity contribution >= 4 is 0 Å². The van der Waals surface area contributed by atoms with Crippen LogP contribution in [-0.2, 0) is 28.4 Å². The van der Waals surface area contributed by atoms with Gasteiger partial charge in [0.1, 0.15) is 23.9 Å². The number of hydrogen-bond donors (Lipinski definition) is 1. The van der Waals surface area contributed by atoms with Crippen LogP contribution in [0.5, 0.6) is 17.2 Å². The standard InChI is InChI=1S/C31H38O9/c32-31-29-2-1-3-30(31)26-6-10-28(11-7-26)40-24-38-21-20-36-17-16-34-13-12-33-14-15-35-18-19-37-22-23-39-27-8-4-25(29)5-9-27/h1-11,32H,12-24H2. The van der Waals surface area contributed by atoms with Gasteiger partial charge in [-0.25, -0.2) is 0 Å². The second kappa shape index (κ2) is 17.5. The van der Waals surface area contributed by atoms with E-state index in [1.807, 2.05) is 66.7 Å². The Morgan fingerprint density at radius 3 is 1.23 bits per heavy atom. The highest BCUT2D eigenvalue weighted by molar-refractivity contribution is 5.82. The van der Waals surface area contributed by atoms with Gasteiger partial charge in [0.25, 0.3) is 0 Å². The van der Waals surface area contributed by atoms with Crippen LogP contribution in [0.15, 0.2) is 66.7 Å². The molecule has 0 unspecified atom stereocenters. The first kappa shape index (κ1) is 29.8. The lowest BCUT2D eigenvalue weighted by molar-refractivity contribution is -0.0339. The molecule has 216 valence electrons. The summed E-state index contributed by atoms with van der Waals surface area (Å²) in [4.78, 5) is 0. The molecule has 0 saturated heterocycles. The van der Waals surface area contributed by atoms with Crippen LogP contribution in [-0.4, -0.2) is 91.2 Å². The fraction of sp³-hybridized carbons (Fsp3) is 0.419. The fourth-order valence-corrected chi connectivity index (χ4v) is 3.96. The van der Waals surface area contributed by atoms with Crippen molar-refractivity contribution in [1.82, 2.24) is 0 Å². The zero-order valence-electron chi connectivity index (χ0n) is 22.8. The van der Waals surface area contributed by atoms with E-state index in [0.29, 0.717) is 85.0 Å². The molecular formula is C31H38O9. The Morgan fingerprint density at radius 1 is 0.400 bits per heavy atom. The molecule has 40 heavy (non-hydrogen) atoms. The second-order valence-electron chi connectivity index (χ2n) is 8.83. The first-order valence-electron chi connectivity index (χ1n) is 13.6. The van der Waals surface area contributed by atoms with E-state index in [9.17, 15) is 5.11 Å². The molecular weight excluding hydrogens is 516 g/mol. The Kier molecular flexibility index (Phi) is 13.0. The average Bonchev–Trinajstić information content (AvgIpc) is 2.98. The number of phenolic OH excluding ortho intramolecular Hbond substituents is 1. The molecule has 0 fully saturated rings. The van der Waals surface area contributed by atoms with E-state index in [1.54, 1.807) is 0 Å². The number of ether oxygens (including phenoxy) is 8. The van der Waals surface area contributed by atoms with Gasteiger partial charge in [0, 0.05) is 11.1 Å². The third-order valence-electron chi connectivity index (χ3n) is 6.03. The summed E-state index contributed by atoms with van der Waals surface area (Å²) in [6.45, 7) is 5.86. The highest BCUT2D eigenvalue weighted by Gasteiger charge is 2.11. The molecule has 3 aliphatic rings. The smallest absolute Gasteiger partial charge is 0.189 e. The molecule has 9 heteroatoms. The van der Waals surface area contributed by atoms with Crippen LogP contribution in [0.3, 0.4) is 0 Å². The summed E-state index contributed by atoms with van der Waals surface area (Å²) >= 11 is 0. The third kappa shape index (κ3) is 10.1. The number of para-hydroxylation sites is 1. The maximum atomic E-state index is 11.1. The summed E-state index contributed by atoms with van der Waals surface area (Å²) in [5.41, 5.74) is 3.25. The van der Waals surface area contributed by atoms with Gasteiger partial charge in [0.2, 0.25) is 0 Å². The minimum atomic E-state index is 0.119. The van der Waals surface area contributed by atoms with E-state index in [1.165, 1.54) is 0 Å². The molecule has 0 amide bonds. The van der Waals surface area contributed by atoms with Gasteiger partial charge in [-0.2, -0.15) is 0 Å². The molecule has 0 atom stereocenters. The highest BCUT2D eigenvalue weighted by Crippen LogP contribution is 2.38. The molecule has 9 nitrogen and oxygen atoms in total. The predicted molar refractivity (Wildman–Crippen MR) is 150 cm³/mol. The first-order chi connectivity index (χ1) is 19.8. The van der Waals surface area contributed by atoms with Crippen LogP contribution in [0.1, 0.15) is 0 Å². The van der Waals surface area contributed by atoms with Crippen molar-refractivity contribution in [1.29, 1.82) is 0 Å². The number of fused-ring (bicyclic) bond motifs is 2. The molecule has 0 saturated carbocycles. The maximum absolute atomic E-state index is 11.1. The van der Waals surface area contributed by atoms with E-state index in [0.717, 1.165) is 28.0 Å². The Bertz CT molecular complexity index is 1020. The molecule has 0 radical (unpaired) electrons. The van der Waals surface area contributed by atoms with Crippen LogP contribution in [0.4, 0.5) is 0 Å². The summed E-state index contributed by atoms with van der Waals surface area (Å²) < 4.78 is 44.5. The molecule has 0 spiro atoms. The zero-order valence-corrected chi connectivity index (χ0v) is 22.8. The number of phenols is 1. The Balaban J connectivity index is 1.34. The SMILES string of the molecule is Oc1c2cccc1-c1ccc(cc1)OCOCCOCCOCCOCCOCCOCCOc1ccc-2cc1. The lowest BCUT2D eigenvalue weighted by Crippen LogP contribution is -2.15. The van der Waals surface area contributed by atoms with Crippen LogP contribution in [0, 0.1) is 0 Å². The van der Waals surface area contributed by atoms with Gasteiger partial charge in [0.15, 0.2) is 6.79 Å². The van der Waals surface area contributed by atoms with Gasteiger partial charge in [0.05, 0.1) is 72.7 Å². The molecule has 0 aromatic heterocycles. The predicted octanol–water partition coefficient (Wildman–Crippen LogP) is 4.55. The van der Waals surface area contributed by atoms with E-state index in [4.69, 9.17) is 37.9 Å². The monoisotopic (exact) mass is 554 g/mol. The molecule has 1 N–H and O–H groups in total. The van der Waals surface area contributed by atoms with Crippen molar-refractivity contribution in [2.24, 2.45) is 0 Å². The summed E-state index contributed by atoms with van der Waals surface area (Å²) in [6, 6.07) is 20.9. The first-order valence-corrected chi connectivity index (χ1v) is 13.6. The number of hydrogen-bond acceptors (Lipinski definition) is 9. The summed E-state index contributed by atoms with van der Waals surface area (Å²) in [5.74, 6) is 1.62. The van der Waals surface area contributed by atoms with Gasteiger partial charge in [-0.1, -0.05) is 42.5 Å². The molecule has 3 aromatic carbocycles. The minimum absolute atomic E-state index is 0.119. The number of benzene rings is 3. The lowest BCUT2D eigenvalue weighted by atomic mass is 9.97. The molecule has 0 aliphatic carbocycles. The quantitative estimate of drug-likeness (QED) is 0.429. The van der Waals surface area contributed by atoms with Gasteiger partial charge in [-0.3, -0.25) is 0 Å². The zero-order chi connectivity index (χ0) is 27.7. The Morgan fingerprint density at radius 2 is 0.775 bits per heavy atom. The summed E-state index contributed by atoms with van der Waals surface area (Å²) in [5, 5.41) is 11.1. The van der Waals surface area contributed by atoms with E-state index < -0.39 is 0 Å². The van der Waals surface area contributed by atoms with Crippen molar-refractivity contribution in [2.45, 2.75) is 0 Å². The lowest BCUT2D eigenvalue weighted by Gasteiger charge is -2.13. The minimum Gasteiger partial charge on any atom is -0.507 e. The van der Waals surface area contributed by atoms with Gasteiger partial charge in [-0.05, 0) is 35.4 Å². The second-order valence-corrected chi connectivity index (χ2v) is 8.83. The van der Waals surface area contributed by atoms with Crippen molar-refractivity contribution in [2.75, 3.05) is 86.1 Å². The van der Waals surface area contributed by atoms with Crippen molar-refractivity contribution in [3.8, 4) is 39.5 Å². The van der Waals surface area contributed by atoms with Crippen LogP contribution in [0.2, 0.25) is 0 Å². The molecule has 3 heterocycles. The maximum Gasteiger partial charge on any atom is 0.189 e. The van der Waals surface area contributed by atoms with E-state index in [-0.39, 0.29) is 12.5 Å². The normalized spacial score (nSPS) is 17.6. The van der Waals surface area contributed by atoms with Crippen molar-refractivity contribution in [3.63, 3.8) is 0 Å². The van der Waals surface area contributed by atoms with E-state index in [2.05, 4.69) is 0 Å². The van der Waals surface area contributed by atoms with Crippen LogP contribution in [0.25, 0.3) is 22.3 Å². The topological polar surface area (TPSA) is 94.1 Å².